The van der Waals surface area contributed by atoms with E-state index in [-0.39, 0.29) is 6.54 Å². The van der Waals surface area contributed by atoms with Crippen LogP contribution in [0.5, 0.6) is 0 Å². The van der Waals surface area contributed by atoms with Crippen LogP contribution >= 0.6 is 0 Å². The minimum atomic E-state index is -0.866. The number of hydrogen-bond donors (Lipinski definition) is 1. The molecular weight excluding hydrogens is 206 g/mol. The highest BCUT2D eigenvalue weighted by molar-refractivity contribution is 5.81. The van der Waals surface area contributed by atoms with Crippen molar-refractivity contribution < 1.29 is 9.90 Å². The van der Waals surface area contributed by atoms with Crippen molar-refractivity contribution in [2.45, 2.75) is 6.54 Å². The van der Waals surface area contributed by atoms with Gasteiger partial charge in [-0.15, -0.1) is 0 Å². The summed E-state index contributed by atoms with van der Waals surface area (Å²) in [5.41, 5.74) is 2.68. The average Bonchev–Trinajstić information content (AvgIpc) is 2.60. The number of imidazole rings is 1. The van der Waals surface area contributed by atoms with E-state index in [0.717, 1.165) is 16.7 Å². The molecule has 1 N–H and O–H groups in total. The summed E-state index contributed by atoms with van der Waals surface area (Å²) in [6.07, 6.45) is 1.55. The Morgan fingerprint density at radius 2 is 2.25 bits per heavy atom. The van der Waals surface area contributed by atoms with Gasteiger partial charge in [-0.05, 0) is 18.2 Å². The SMILES string of the molecule is CN(C)c1ccc2ncn(CC(=O)O)c2c1. The van der Waals surface area contributed by atoms with Crippen molar-refractivity contribution in [3.8, 4) is 0 Å². The molecular formula is C11H13N3O2. The Balaban J connectivity index is 2.51. The number of carboxylic acid groups (broad SMARTS) is 1. The minimum Gasteiger partial charge on any atom is -0.480 e. The molecule has 5 heteroatoms. The van der Waals surface area contributed by atoms with Gasteiger partial charge in [0.1, 0.15) is 6.54 Å². The monoisotopic (exact) mass is 219 g/mol. The Morgan fingerprint density at radius 1 is 1.50 bits per heavy atom. The van der Waals surface area contributed by atoms with Gasteiger partial charge in [0, 0.05) is 19.8 Å². The van der Waals surface area contributed by atoms with Gasteiger partial charge < -0.3 is 14.6 Å². The first-order chi connectivity index (χ1) is 7.58. The van der Waals surface area contributed by atoms with Gasteiger partial charge in [0.05, 0.1) is 17.4 Å². The summed E-state index contributed by atoms with van der Waals surface area (Å²) >= 11 is 0. The molecule has 0 fully saturated rings. The number of aromatic nitrogens is 2. The van der Waals surface area contributed by atoms with Crippen LogP contribution in [0.3, 0.4) is 0 Å². The maximum atomic E-state index is 10.7. The lowest BCUT2D eigenvalue weighted by Gasteiger charge is -2.12. The van der Waals surface area contributed by atoms with Gasteiger partial charge in [0.15, 0.2) is 0 Å². The fourth-order valence-electron chi connectivity index (χ4n) is 1.60. The van der Waals surface area contributed by atoms with Crippen molar-refractivity contribution in [3.63, 3.8) is 0 Å². The molecule has 0 saturated heterocycles. The Morgan fingerprint density at radius 3 is 2.88 bits per heavy atom. The molecule has 16 heavy (non-hydrogen) atoms. The molecule has 1 aromatic carbocycles. The van der Waals surface area contributed by atoms with Crippen LogP contribution in [0.25, 0.3) is 11.0 Å². The fraction of sp³-hybridized carbons (Fsp3) is 0.273. The Hall–Kier alpha value is -2.04. The predicted octanol–water partition coefficient (Wildman–Crippen LogP) is 1.19. The first kappa shape index (κ1) is 10.5. The summed E-state index contributed by atoms with van der Waals surface area (Å²) in [4.78, 5) is 16.8. The quantitative estimate of drug-likeness (QED) is 0.842. The highest BCUT2D eigenvalue weighted by Gasteiger charge is 2.07. The van der Waals surface area contributed by atoms with E-state index in [1.54, 1.807) is 10.9 Å². The van der Waals surface area contributed by atoms with E-state index < -0.39 is 5.97 Å². The summed E-state index contributed by atoms with van der Waals surface area (Å²) in [5.74, 6) is -0.866. The standard InChI is InChI=1S/C11H13N3O2/c1-13(2)8-3-4-9-10(5-8)14(7-12-9)6-11(15)16/h3-5,7H,6H2,1-2H3,(H,15,16). The third-order valence-electron chi connectivity index (χ3n) is 2.43. The molecule has 84 valence electrons. The largest absolute Gasteiger partial charge is 0.480 e. The predicted molar refractivity (Wildman–Crippen MR) is 61.7 cm³/mol. The van der Waals surface area contributed by atoms with Crippen LogP contribution in [0.15, 0.2) is 24.5 Å². The van der Waals surface area contributed by atoms with Gasteiger partial charge in [-0.25, -0.2) is 4.98 Å². The van der Waals surface area contributed by atoms with Crippen LogP contribution in [-0.4, -0.2) is 34.7 Å². The van der Waals surface area contributed by atoms with E-state index in [2.05, 4.69) is 4.98 Å². The number of anilines is 1. The van der Waals surface area contributed by atoms with Gasteiger partial charge >= 0.3 is 5.97 Å². The number of rotatable bonds is 3. The molecule has 1 heterocycles. The lowest BCUT2D eigenvalue weighted by atomic mass is 10.2. The Kier molecular flexibility index (Phi) is 2.52. The van der Waals surface area contributed by atoms with Gasteiger partial charge in [-0.3, -0.25) is 4.79 Å². The summed E-state index contributed by atoms with van der Waals surface area (Å²) in [6.45, 7) is -0.0621. The fourth-order valence-corrected chi connectivity index (χ4v) is 1.60. The smallest absolute Gasteiger partial charge is 0.323 e. The molecule has 0 unspecified atom stereocenters. The zero-order valence-electron chi connectivity index (χ0n) is 9.21. The van der Waals surface area contributed by atoms with Crippen LogP contribution < -0.4 is 4.90 Å². The summed E-state index contributed by atoms with van der Waals surface area (Å²) < 4.78 is 1.63. The molecule has 2 aromatic rings. The van der Waals surface area contributed by atoms with E-state index in [9.17, 15) is 4.79 Å². The van der Waals surface area contributed by atoms with Crippen LogP contribution in [0.2, 0.25) is 0 Å². The third-order valence-corrected chi connectivity index (χ3v) is 2.43. The lowest BCUT2D eigenvalue weighted by molar-refractivity contribution is -0.137. The second-order valence-electron chi connectivity index (χ2n) is 3.83. The number of carboxylic acids is 1. The second kappa shape index (κ2) is 3.84. The number of aliphatic carboxylic acids is 1. The van der Waals surface area contributed by atoms with Crippen molar-refractivity contribution in [1.82, 2.24) is 9.55 Å². The van der Waals surface area contributed by atoms with Crippen molar-refractivity contribution in [2.24, 2.45) is 0 Å². The summed E-state index contributed by atoms with van der Waals surface area (Å²) in [7, 11) is 3.89. The van der Waals surface area contributed by atoms with Crippen LogP contribution in [0.4, 0.5) is 5.69 Å². The van der Waals surface area contributed by atoms with Crippen molar-refractivity contribution in [1.29, 1.82) is 0 Å². The zero-order valence-corrected chi connectivity index (χ0v) is 9.21. The van der Waals surface area contributed by atoms with Crippen LogP contribution in [-0.2, 0) is 11.3 Å². The number of nitrogens with zero attached hydrogens (tertiary/aromatic N) is 3. The Labute approximate surface area is 92.9 Å². The summed E-state index contributed by atoms with van der Waals surface area (Å²) in [5, 5.41) is 8.76. The molecule has 0 amide bonds. The first-order valence-corrected chi connectivity index (χ1v) is 4.92. The van der Waals surface area contributed by atoms with Crippen molar-refractivity contribution in [2.75, 3.05) is 19.0 Å². The van der Waals surface area contributed by atoms with Crippen molar-refractivity contribution in [3.05, 3.63) is 24.5 Å². The number of fused-ring (bicyclic) bond motifs is 1. The van der Waals surface area contributed by atoms with Crippen LogP contribution in [0.1, 0.15) is 0 Å². The molecule has 0 atom stereocenters. The Bertz CT molecular complexity index is 531. The molecule has 5 nitrogen and oxygen atoms in total. The van der Waals surface area contributed by atoms with Gasteiger partial charge in [0.25, 0.3) is 0 Å². The molecule has 1 aromatic heterocycles. The molecule has 0 saturated carbocycles. The number of carbonyl (C=O) groups is 1. The molecule has 0 radical (unpaired) electrons. The first-order valence-electron chi connectivity index (χ1n) is 4.92. The number of benzene rings is 1. The molecule has 2 rings (SSSR count). The minimum absolute atomic E-state index is 0.0621. The molecule has 0 aliphatic heterocycles. The maximum Gasteiger partial charge on any atom is 0.323 e. The highest BCUT2D eigenvalue weighted by Crippen LogP contribution is 2.19. The number of hydrogen-bond acceptors (Lipinski definition) is 3. The topological polar surface area (TPSA) is 58.4 Å². The van der Waals surface area contributed by atoms with E-state index >= 15 is 0 Å². The van der Waals surface area contributed by atoms with Gasteiger partial charge in [-0.1, -0.05) is 0 Å². The zero-order chi connectivity index (χ0) is 11.7. The third kappa shape index (κ3) is 1.84. The molecule has 0 bridgehead atoms. The maximum absolute atomic E-state index is 10.7. The lowest BCUT2D eigenvalue weighted by Crippen LogP contribution is -2.10. The molecule has 0 aliphatic carbocycles. The average molecular weight is 219 g/mol. The normalized spacial score (nSPS) is 10.6. The van der Waals surface area contributed by atoms with E-state index in [0.29, 0.717) is 0 Å². The molecule has 0 spiro atoms. The van der Waals surface area contributed by atoms with E-state index in [1.165, 1.54) is 0 Å². The molecule has 0 aliphatic rings. The summed E-state index contributed by atoms with van der Waals surface area (Å²) in [6, 6.07) is 5.79. The van der Waals surface area contributed by atoms with Crippen molar-refractivity contribution >= 4 is 22.7 Å². The van der Waals surface area contributed by atoms with Crippen LogP contribution in [0, 0.1) is 0 Å². The second-order valence-corrected chi connectivity index (χ2v) is 3.83. The van der Waals surface area contributed by atoms with E-state index in [1.807, 2.05) is 37.2 Å². The highest BCUT2D eigenvalue weighted by atomic mass is 16.4. The van der Waals surface area contributed by atoms with Gasteiger partial charge in [-0.2, -0.15) is 0 Å². The van der Waals surface area contributed by atoms with E-state index in [4.69, 9.17) is 5.11 Å². The van der Waals surface area contributed by atoms with Gasteiger partial charge in [0.2, 0.25) is 0 Å².